The number of aliphatic hydroxyl groups excluding tert-OH is 3. The Balaban J connectivity index is 1.79. The summed E-state index contributed by atoms with van der Waals surface area (Å²) in [4.78, 5) is 11.8. The zero-order valence-corrected chi connectivity index (χ0v) is 12.9. The van der Waals surface area contributed by atoms with Gasteiger partial charge in [-0.15, -0.1) is 0 Å². The molecule has 1 aromatic carbocycles. The van der Waals surface area contributed by atoms with Gasteiger partial charge in [0, 0.05) is 13.0 Å². The van der Waals surface area contributed by atoms with Crippen molar-refractivity contribution in [1.82, 2.24) is 16.2 Å². The molecule has 0 saturated heterocycles. The van der Waals surface area contributed by atoms with Crippen molar-refractivity contribution in [3.63, 3.8) is 0 Å². The second kappa shape index (κ2) is 7.75. The van der Waals surface area contributed by atoms with Gasteiger partial charge in [0.1, 0.15) is 18.0 Å². The normalized spacial score (nSPS) is 27.6. The van der Waals surface area contributed by atoms with Crippen molar-refractivity contribution in [3.8, 4) is 0 Å². The molecule has 0 aromatic heterocycles. The number of ketones is 1. The average Bonchev–Trinajstić information content (AvgIpc) is 2.52. The van der Waals surface area contributed by atoms with Gasteiger partial charge in [0.25, 0.3) is 0 Å². The van der Waals surface area contributed by atoms with E-state index in [1.165, 1.54) is 12.1 Å². The molecule has 2 rings (SSSR count). The first-order valence-electron chi connectivity index (χ1n) is 7.00. The largest absolute Gasteiger partial charge is 0.391 e. The molecule has 1 saturated carbocycles. The molecule has 1 aliphatic rings. The monoisotopic (exact) mass is 343 g/mol. The molecule has 7 nitrogen and oxygen atoms in total. The standard InChI is InChI=1S/C14H18FN3O4S/c15-8-3-1-7(2-4-8)6-16-14(23)18-17-11-9(19)5-10(20)12(21)13(11)22/h1-4,9-12,17,19-21H,5-6H2,(H2,16,18,23). The Bertz CT molecular complexity index is 572. The summed E-state index contributed by atoms with van der Waals surface area (Å²) in [5.74, 6) is -1.05. The fraction of sp³-hybridized carbons (Fsp3) is 0.429. The maximum atomic E-state index is 12.8. The molecule has 0 aliphatic heterocycles. The highest BCUT2D eigenvalue weighted by molar-refractivity contribution is 7.80. The summed E-state index contributed by atoms with van der Waals surface area (Å²) in [6.45, 7) is 0.344. The number of benzene rings is 1. The number of aliphatic hydroxyl groups is 3. The molecule has 0 spiro atoms. The maximum Gasteiger partial charge on any atom is 0.185 e. The van der Waals surface area contributed by atoms with Gasteiger partial charge >= 0.3 is 0 Å². The number of nitrogens with one attached hydrogen (secondary N) is 3. The van der Waals surface area contributed by atoms with Crippen LogP contribution in [-0.4, -0.2) is 50.6 Å². The minimum atomic E-state index is -1.54. The van der Waals surface area contributed by atoms with Crippen LogP contribution in [0.25, 0.3) is 0 Å². The molecule has 6 N–H and O–H groups in total. The molecule has 1 aromatic rings. The molecular weight excluding hydrogens is 325 g/mol. The minimum absolute atomic E-state index is 0.123. The second-order valence-corrected chi connectivity index (χ2v) is 5.68. The minimum Gasteiger partial charge on any atom is -0.391 e. The summed E-state index contributed by atoms with van der Waals surface area (Å²) in [6, 6.07) is 4.78. The summed E-state index contributed by atoms with van der Waals surface area (Å²) in [7, 11) is 0. The molecule has 0 bridgehead atoms. The van der Waals surface area contributed by atoms with Gasteiger partial charge in [0.15, 0.2) is 10.9 Å². The van der Waals surface area contributed by atoms with Crippen LogP contribution in [0.2, 0.25) is 0 Å². The Morgan fingerprint density at radius 2 is 1.87 bits per heavy atom. The molecule has 4 unspecified atom stereocenters. The number of hydrazine groups is 1. The fourth-order valence-corrected chi connectivity index (χ4v) is 2.35. The fourth-order valence-electron chi connectivity index (χ4n) is 2.22. The third kappa shape index (κ3) is 4.66. The van der Waals surface area contributed by atoms with Crippen molar-refractivity contribution in [3.05, 3.63) is 35.6 Å². The highest BCUT2D eigenvalue weighted by Gasteiger charge is 2.41. The molecule has 9 heteroatoms. The summed E-state index contributed by atoms with van der Waals surface area (Å²) >= 11 is 5.01. The Morgan fingerprint density at radius 3 is 2.52 bits per heavy atom. The van der Waals surface area contributed by atoms with E-state index < -0.39 is 30.1 Å². The van der Waals surface area contributed by atoms with E-state index in [0.717, 1.165) is 5.56 Å². The van der Waals surface area contributed by atoms with E-state index in [1.54, 1.807) is 12.1 Å². The van der Waals surface area contributed by atoms with E-state index in [1.807, 2.05) is 0 Å². The van der Waals surface area contributed by atoms with Crippen LogP contribution in [-0.2, 0) is 11.3 Å². The van der Waals surface area contributed by atoms with Crippen LogP contribution in [0, 0.1) is 5.82 Å². The van der Waals surface area contributed by atoms with Gasteiger partial charge in [-0.05, 0) is 29.9 Å². The van der Waals surface area contributed by atoms with Gasteiger partial charge in [-0.3, -0.25) is 10.2 Å². The van der Waals surface area contributed by atoms with Gasteiger partial charge in [0.2, 0.25) is 0 Å². The molecule has 0 amide bonds. The van der Waals surface area contributed by atoms with Crippen LogP contribution in [0.3, 0.4) is 0 Å². The number of hydrogen-bond donors (Lipinski definition) is 6. The van der Waals surface area contributed by atoms with Crippen LogP contribution in [0.15, 0.2) is 24.3 Å². The highest BCUT2D eigenvalue weighted by Crippen LogP contribution is 2.16. The molecule has 0 radical (unpaired) electrons. The van der Waals surface area contributed by atoms with Gasteiger partial charge in [-0.25, -0.2) is 9.82 Å². The van der Waals surface area contributed by atoms with Crippen LogP contribution in [0.5, 0.6) is 0 Å². The van der Waals surface area contributed by atoms with Crippen molar-refractivity contribution in [2.45, 2.75) is 37.3 Å². The lowest BCUT2D eigenvalue weighted by atomic mass is 9.87. The number of carbonyl (C=O) groups excluding carboxylic acids is 1. The molecule has 126 valence electrons. The first-order valence-corrected chi connectivity index (χ1v) is 7.41. The Morgan fingerprint density at radius 1 is 1.22 bits per heavy atom. The van der Waals surface area contributed by atoms with Gasteiger partial charge in [-0.2, -0.15) is 0 Å². The maximum absolute atomic E-state index is 12.8. The number of carbonyl (C=O) groups is 1. The Hall–Kier alpha value is -1.65. The van der Waals surface area contributed by atoms with E-state index in [4.69, 9.17) is 12.2 Å². The van der Waals surface area contributed by atoms with E-state index in [2.05, 4.69) is 16.2 Å². The quantitative estimate of drug-likeness (QED) is 0.296. The lowest BCUT2D eigenvalue weighted by Gasteiger charge is -2.33. The first-order chi connectivity index (χ1) is 10.9. The molecular formula is C14H18FN3O4S. The number of thiocarbonyl (C=S) groups is 1. The molecule has 1 aliphatic carbocycles. The summed E-state index contributed by atoms with van der Waals surface area (Å²) in [6.07, 6.45) is -4.09. The predicted molar refractivity (Wildman–Crippen MR) is 83.5 cm³/mol. The number of rotatable bonds is 4. The van der Waals surface area contributed by atoms with E-state index in [9.17, 15) is 24.5 Å². The lowest BCUT2D eigenvalue weighted by molar-refractivity contribution is -0.147. The van der Waals surface area contributed by atoms with Crippen molar-refractivity contribution in [2.75, 3.05) is 0 Å². The summed E-state index contributed by atoms with van der Waals surface area (Å²) in [5, 5.41) is 31.7. The number of Topliss-reactive ketones (excluding diaryl/α,β-unsaturated/α-hetero) is 1. The van der Waals surface area contributed by atoms with Gasteiger partial charge < -0.3 is 20.6 Å². The molecule has 1 fully saturated rings. The van der Waals surface area contributed by atoms with Crippen LogP contribution < -0.4 is 16.2 Å². The van der Waals surface area contributed by atoms with Crippen molar-refractivity contribution in [2.24, 2.45) is 0 Å². The number of halogens is 1. The third-order valence-corrected chi connectivity index (χ3v) is 3.78. The van der Waals surface area contributed by atoms with Gasteiger partial charge in [-0.1, -0.05) is 12.1 Å². The van der Waals surface area contributed by atoms with Crippen LogP contribution in [0.1, 0.15) is 12.0 Å². The van der Waals surface area contributed by atoms with Crippen molar-refractivity contribution in [1.29, 1.82) is 0 Å². The zero-order valence-electron chi connectivity index (χ0n) is 12.1. The van der Waals surface area contributed by atoms with E-state index in [0.29, 0.717) is 6.54 Å². The third-order valence-electron chi connectivity index (χ3n) is 3.54. The summed E-state index contributed by atoms with van der Waals surface area (Å²) < 4.78 is 12.8. The Kier molecular flexibility index (Phi) is 5.97. The lowest BCUT2D eigenvalue weighted by Crippen LogP contribution is -2.63. The number of hydrogen-bond acceptors (Lipinski definition) is 6. The topological polar surface area (TPSA) is 114 Å². The van der Waals surface area contributed by atoms with Crippen molar-refractivity contribution >= 4 is 23.1 Å². The smallest absolute Gasteiger partial charge is 0.185 e. The summed E-state index contributed by atoms with van der Waals surface area (Å²) in [5.41, 5.74) is 5.89. The zero-order chi connectivity index (χ0) is 17.0. The molecule has 4 atom stereocenters. The van der Waals surface area contributed by atoms with Crippen LogP contribution >= 0.6 is 12.2 Å². The van der Waals surface area contributed by atoms with E-state index in [-0.39, 0.29) is 17.4 Å². The predicted octanol–water partition coefficient (Wildman–Crippen LogP) is -1.28. The van der Waals surface area contributed by atoms with Gasteiger partial charge in [0.05, 0.1) is 12.2 Å². The highest BCUT2D eigenvalue weighted by atomic mass is 32.1. The van der Waals surface area contributed by atoms with Crippen molar-refractivity contribution < 1.29 is 24.5 Å². The van der Waals surface area contributed by atoms with E-state index >= 15 is 0 Å². The average molecular weight is 343 g/mol. The first kappa shape index (κ1) is 17.7. The molecule has 23 heavy (non-hydrogen) atoms. The molecule has 0 heterocycles. The SMILES string of the molecule is O=C1C(O)C(O)CC(O)C1NNC(=S)NCc1ccc(F)cc1. The second-order valence-electron chi connectivity index (χ2n) is 5.27. The Labute approximate surface area is 137 Å². The van der Waals surface area contributed by atoms with Crippen LogP contribution in [0.4, 0.5) is 4.39 Å².